The van der Waals surface area contributed by atoms with E-state index in [0.717, 1.165) is 24.3 Å². The number of nitriles is 1. The van der Waals surface area contributed by atoms with Gasteiger partial charge in [-0.1, -0.05) is 30.3 Å². The summed E-state index contributed by atoms with van der Waals surface area (Å²) >= 11 is 0. The van der Waals surface area contributed by atoms with Crippen molar-refractivity contribution in [3.05, 3.63) is 65.2 Å². The van der Waals surface area contributed by atoms with Crippen LogP contribution in [0.15, 0.2) is 48.5 Å². The smallest absolute Gasteiger partial charge is 0.317 e. The maximum atomic E-state index is 12.4. The highest BCUT2D eigenvalue weighted by Gasteiger charge is 2.21. The zero-order valence-electron chi connectivity index (χ0n) is 14.4. The minimum absolute atomic E-state index is 0.0197. The van der Waals surface area contributed by atoms with E-state index >= 15 is 0 Å². The Bertz CT molecular complexity index is 788. The van der Waals surface area contributed by atoms with Crippen molar-refractivity contribution in [1.82, 2.24) is 10.2 Å². The van der Waals surface area contributed by atoms with Crippen LogP contribution in [0.2, 0.25) is 0 Å². The van der Waals surface area contributed by atoms with Crippen LogP contribution in [0, 0.1) is 18.3 Å². The molecule has 0 aliphatic carbocycles. The van der Waals surface area contributed by atoms with Gasteiger partial charge < -0.3 is 15.1 Å². The largest absolute Gasteiger partial charge is 0.368 e. The third kappa shape index (κ3) is 4.10. The average molecular weight is 334 g/mol. The number of hydrogen-bond acceptors (Lipinski definition) is 3. The van der Waals surface area contributed by atoms with Crippen molar-refractivity contribution in [2.45, 2.75) is 13.5 Å². The number of nitrogens with one attached hydrogen (secondary N) is 1. The number of rotatable bonds is 3. The monoisotopic (exact) mass is 334 g/mol. The lowest BCUT2D eigenvalue weighted by atomic mass is 10.1. The van der Waals surface area contributed by atoms with Gasteiger partial charge in [-0.05, 0) is 36.2 Å². The van der Waals surface area contributed by atoms with Gasteiger partial charge in [0.05, 0.1) is 11.6 Å². The molecular weight excluding hydrogens is 312 g/mol. The van der Waals surface area contributed by atoms with Crippen molar-refractivity contribution in [3.8, 4) is 6.07 Å². The molecule has 1 saturated heterocycles. The van der Waals surface area contributed by atoms with Gasteiger partial charge in [-0.3, -0.25) is 0 Å². The minimum atomic E-state index is -0.0197. The summed E-state index contributed by atoms with van der Waals surface area (Å²) in [6, 6.07) is 17.8. The Labute approximate surface area is 148 Å². The first-order valence-corrected chi connectivity index (χ1v) is 8.50. The van der Waals surface area contributed by atoms with Crippen LogP contribution in [-0.4, -0.2) is 37.1 Å². The van der Waals surface area contributed by atoms with Crippen molar-refractivity contribution >= 4 is 11.7 Å². The fourth-order valence-corrected chi connectivity index (χ4v) is 3.03. The molecule has 1 heterocycles. The molecule has 5 nitrogen and oxygen atoms in total. The lowest BCUT2D eigenvalue weighted by Crippen LogP contribution is -2.51. The molecule has 0 radical (unpaired) electrons. The number of piperazine rings is 1. The number of anilines is 1. The number of amides is 2. The maximum Gasteiger partial charge on any atom is 0.317 e. The van der Waals surface area contributed by atoms with Crippen LogP contribution >= 0.6 is 0 Å². The van der Waals surface area contributed by atoms with E-state index in [1.54, 1.807) is 6.07 Å². The predicted octanol–water partition coefficient (Wildman–Crippen LogP) is 2.90. The summed E-state index contributed by atoms with van der Waals surface area (Å²) < 4.78 is 0. The molecule has 2 amide bonds. The van der Waals surface area contributed by atoms with E-state index in [4.69, 9.17) is 5.26 Å². The first kappa shape index (κ1) is 16.8. The summed E-state index contributed by atoms with van der Waals surface area (Å²) in [4.78, 5) is 16.4. The van der Waals surface area contributed by atoms with Gasteiger partial charge in [0.25, 0.3) is 0 Å². The third-order valence-electron chi connectivity index (χ3n) is 4.60. The molecule has 0 atom stereocenters. The number of nitrogens with zero attached hydrogens (tertiary/aromatic N) is 3. The van der Waals surface area contributed by atoms with Crippen LogP contribution in [0.3, 0.4) is 0 Å². The number of aryl methyl sites for hydroxylation is 1. The second-order valence-electron chi connectivity index (χ2n) is 6.22. The van der Waals surface area contributed by atoms with E-state index in [1.807, 2.05) is 41.3 Å². The molecule has 0 spiro atoms. The van der Waals surface area contributed by atoms with Gasteiger partial charge in [0, 0.05) is 38.4 Å². The topological polar surface area (TPSA) is 59.4 Å². The van der Waals surface area contributed by atoms with Crippen molar-refractivity contribution in [2.75, 3.05) is 31.1 Å². The van der Waals surface area contributed by atoms with Gasteiger partial charge in [0.1, 0.15) is 0 Å². The molecule has 128 valence electrons. The summed E-state index contributed by atoms with van der Waals surface area (Å²) in [5.74, 6) is 0. The van der Waals surface area contributed by atoms with Crippen LogP contribution < -0.4 is 10.2 Å². The molecule has 1 N–H and O–H groups in total. The molecular formula is C20H22N4O. The van der Waals surface area contributed by atoms with E-state index < -0.39 is 0 Å². The highest BCUT2D eigenvalue weighted by Crippen LogP contribution is 2.18. The Morgan fingerprint density at radius 3 is 2.60 bits per heavy atom. The van der Waals surface area contributed by atoms with E-state index in [2.05, 4.69) is 29.3 Å². The Morgan fingerprint density at radius 1 is 1.12 bits per heavy atom. The normalized spacial score (nSPS) is 14.1. The minimum Gasteiger partial charge on any atom is -0.368 e. The average Bonchev–Trinajstić information content (AvgIpc) is 2.67. The number of hydrogen-bond donors (Lipinski definition) is 1. The lowest BCUT2D eigenvalue weighted by Gasteiger charge is -2.36. The molecule has 1 aliphatic heterocycles. The SMILES string of the molecule is Cc1ccccc1CNC(=O)N1CCN(c2cccc(C#N)c2)CC1. The zero-order valence-corrected chi connectivity index (χ0v) is 14.4. The molecule has 5 heteroatoms. The van der Waals surface area contributed by atoms with Crippen LogP contribution in [0.1, 0.15) is 16.7 Å². The highest BCUT2D eigenvalue weighted by molar-refractivity contribution is 5.74. The van der Waals surface area contributed by atoms with Gasteiger partial charge in [-0.2, -0.15) is 5.26 Å². The number of carbonyl (C=O) groups is 1. The molecule has 1 aliphatic rings. The molecule has 2 aromatic rings. The molecule has 1 fully saturated rings. The van der Waals surface area contributed by atoms with E-state index in [-0.39, 0.29) is 6.03 Å². The van der Waals surface area contributed by atoms with Gasteiger partial charge in [0.15, 0.2) is 0 Å². The summed E-state index contributed by atoms with van der Waals surface area (Å²) in [7, 11) is 0. The van der Waals surface area contributed by atoms with Crippen LogP contribution in [0.5, 0.6) is 0 Å². The Balaban J connectivity index is 1.52. The predicted molar refractivity (Wildman–Crippen MR) is 98.4 cm³/mol. The second-order valence-corrected chi connectivity index (χ2v) is 6.22. The highest BCUT2D eigenvalue weighted by atomic mass is 16.2. The zero-order chi connectivity index (χ0) is 17.6. The summed E-state index contributed by atoms with van der Waals surface area (Å²) in [5.41, 5.74) is 4.03. The standard InChI is InChI=1S/C20H22N4O/c1-16-5-2-3-7-18(16)15-22-20(25)24-11-9-23(10-12-24)19-8-4-6-17(13-19)14-21/h2-8,13H,9-12,15H2,1H3,(H,22,25). The second kappa shape index (κ2) is 7.71. The molecule has 25 heavy (non-hydrogen) atoms. The Hall–Kier alpha value is -3.00. The maximum absolute atomic E-state index is 12.4. The quantitative estimate of drug-likeness (QED) is 0.939. The number of urea groups is 1. The molecule has 0 unspecified atom stereocenters. The van der Waals surface area contributed by atoms with E-state index in [1.165, 1.54) is 5.56 Å². The fourth-order valence-electron chi connectivity index (χ4n) is 3.03. The summed E-state index contributed by atoms with van der Waals surface area (Å²) in [5, 5.41) is 12.0. The molecule has 0 aromatic heterocycles. The summed E-state index contributed by atoms with van der Waals surface area (Å²) in [6.45, 7) is 5.50. The van der Waals surface area contributed by atoms with Crippen molar-refractivity contribution in [3.63, 3.8) is 0 Å². The molecule has 2 aromatic carbocycles. The molecule has 0 saturated carbocycles. The van der Waals surface area contributed by atoms with Crippen LogP contribution in [0.25, 0.3) is 0 Å². The molecule has 0 bridgehead atoms. The van der Waals surface area contributed by atoms with Gasteiger partial charge in [0.2, 0.25) is 0 Å². The number of carbonyl (C=O) groups excluding carboxylic acids is 1. The van der Waals surface area contributed by atoms with E-state index in [9.17, 15) is 4.79 Å². The Morgan fingerprint density at radius 2 is 1.88 bits per heavy atom. The van der Waals surface area contributed by atoms with Crippen molar-refractivity contribution in [2.24, 2.45) is 0 Å². The van der Waals surface area contributed by atoms with Crippen molar-refractivity contribution in [1.29, 1.82) is 5.26 Å². The third-order valence-corrected chi connectivity index (χ3v) is 4.60. The lowest BCUT2D eigenvalue weighted by molar-refractivity contribution is 0.194. The first-order valence-electron chi connectivity index (χ1n) is 8.50. The van der Waals surface area contributed by atoms with E-state index in [0.29, 0.717) is 25.2 Å². The summed E-state index contributed by atoms with van der Waals surface area (Å²) in [6.07, 6.45) is 0. The van der Waals surface area contributed by atoms with Crippen LogP contribution in [0.4, 0.5) is 10.5 Å². The fraction of sp³-hybridized carbons (Fsp3) is 0.300. The van der Waals surface area contributed by atoms with Crippen molar-refractivity contribution < 1.29 is 4.79 Å². The number of benzene rings is 2. The van der Waals surface area contributed by atoms with Crippen LogP contribution in [-0.2, 0) is 6.54 Å². The molecule has 3 rings (SSSR count). The van der Waals surface area contributed by atoms with Gasteiger partial charge in [-0.25, -0.2) is 4.79 Å². The first-order chi connectivity index (χ1) is 12.2. The van der Waals surface area contributed by atoms with Gasteiger partial charge in [-0.15, -0.1) is 0 Å². The Kier molecular flexibility index (Phi) is 5.20. The van der Waals surface area contributed by atoms with Gasteiger partial charge >= 0.3 is 6.03 Å².